The van der Waals surface area contributed by atoms with Crippen molar-refractivity contribution in [2.75, 3.05) is 6.61 Å². The Morgan fingerprint density at radius 3 is 2.56 bits per heavy atom. The smallest absolute Gasteiger partial charge is 0.408 e. The van der Waals surface area contributed by atoms with Crippen molar-refractivity contribution in [3.63, 3.8) is 0 Å². The van der Waals surface area contributed by atoms with Gasteiger partial charge >= 0.3 is 12.1 Å². The minimum absolute atomic E-state index is 0.193. The number of benzene rings is 1. The third-order valence-electron chi connectivity index (χ3n) is 3.80. The first-order chi connectivity index (χ1) is 12.7. The lowest BCUT2D eigenvalue weighted by molar-refractivity contribution is -0.146. The van der Waals surface area contributed by atoms with Gasteiger partial charge in [0.05, 0.1) is 12.6 Å². The van der Waals surface area contributed by atoms with Crippen LogP contribution in [0.15, 0.2) is 30.5 Å². The van der Waals surface area contributed by atoms with Crippen LogP contribution in [0.5, 0.6) is 0 Å². The molecule has 0 radical (unpaired) electrons. The first-order valence-corrected chi connectivity index (χ1v) is 8.92. The first-order valence-electron chi connectivity index (χ1n) is 8.92. The van der Waals surface area contributed by atoms with E-state index < -0.39 is 35.9 Å². The number of amides is 1. The molecule has 0 fully saturated rings. The molecule has 0 aliphatic rings. The number of ether oxygens (including phenoxy) is 2. The van der Waals surface area contributed by atoms with Gasteiger partial charge in [0.15, 0.2) is 5.78 Å². The molecule has 1 aromatic carbocycles. The average molecular weight is 374 g/mol. The number of aromatic nitrogens is 1. The van der Waals surface area contributed by atoms with Crippen molar-refractivity contribution < 1.29 is 23.9 Å². The van der Waals surface area contributed by atoms with Gasteiger partial charge in [-0.15, -0.1) is 0 Å². The van der Waals surface area contributed by atoms with Gasteiger partial charge in [0, 0.05) is 23.5 Å². The second-order valence-electron chi connectivity index (χ2n) is 7.21. The molecular weight excluding hydrogens is 348 g/mol. The summed E-state index contributed by atoms with van der Waals surface area (Å²) in [6, 6.07) is 6.77. The molecule has 0 spiro atoms. The van der Waals surface area contributed by atoms with Crippen molar-refractivity contribution in [1.82, 2.24) is 10.3 Å². The monoisotopic (exact) mass is 374 g/mol. The molecule has 1 amide bonds. The second-order valence-corrected chi connectivity index (χ2v) is 7.21. The van der Waals surface area contributed by atoms with Crippen LogP contribution in [-0.4, -0.2) is 41.1 Å². The Bertz CT molecular complexity index is 819. The summed E-state index contributed by atoms with van der Waals surface area (Å²) in [5.41, 5.74) is 1.10. The van der Waals surface area contributed by atoms with Gasteiger partial charge in [0.2, 0.25) is 0 Å². The Morgan fingerprint density at radius 1 is 1.19 bits per heavy atom. The van der Waals surface area contributed by atoms with Gasteiger partial charge in [-0.05, 0) is 39.3 Å². The van der Waals surface area contributed by atoms with E-state index in [2.05, 4.69) is 10.3 Å². The van der Waals surface area contributed by atoms with E-state index >= 15 is 0 Å². The van der Waals surface area contributed by atoms with Gasteiger partial charge in [-0.25, -0.2) is 4.79 Å². The maximum absolute atomic E-state index is 12.6. The number of para-hydroxylation sites is 1. The van der Waals surface area contributed by atoms with E-state index in [0.29, 0.717) is 0 Å². The van der Waals surface area contributed by atoms with Gasteiger partial charge in [-0.3, -0.25) is 9.59 Å². The van der Waals surface area contributed by atoms with E-state index in [9.17, 15) is 14.4 Å². The van der Waals surface area contributed by atoms with Crippen LogP contribution in [-0.2, 0) is 25.5 Å². The third-order valence-corrected chi connectivity index (χ3v) is 3.80. The van der Waals surface area contributed by atoms with Gasteiger partial charge in [-0.2, -0.15) is 0 Å². The highest BCUT2D eigenvalue weighted by Gasteiger charge is 2.27. The van der Waals surface area contributed by atoms with Crippen molar-refractivity contribution >= 4 is 28.7 Å². The van der Waals surface area contributed by atoms with E-state index in [-0.39, 0.29) is 13.0 Å². The van der Waals surface area contributed by atoms with Crippen LogP contribution in [0, 0.1) is 0 Å². The lowest BCUT2D eigenvalue weighted by Crippen LogP contribution is -2.45. The predicted octanol–water partition coefficient (Wildman–Crippen LogP) is 3.13. The number of rotatable bonds is 7. The molecule has 0 saturated heterocycles. The SMILES string of the molecule is CCOC(=O)CC(=O)C(Cc1c[nH]c2ccccc12)NC(=O)OC(C)(C)C. The summed E-state index contributed by atoms with van der Waals surface area (Å²) in [7, 11) is 0. The Balaban J connectivity index is 2.19. The van der Waals surface area contributed by atoms with Crippen LogP contribution >= 0.6 is 0 Å². The number of hydrogen-bond acceptors (Lipinski definition) is 5. The number of carbonyl (C=O) groups is 3. The van der Waals surface area contributed by atoms with Crippen LogP contribution in [0.3, 0.4) is 0 Å². The van der Waals surface area contributed by atoms with Crippen LogP contribution in [0.4, 0.5) is 4.79 Å². The zero-order valence-electron chi connectivity index (χ0n) is 16.1. The fourth-order valence-corrected chi connectivity index (χ4v) is 2.69. The lowest BCUT2D eigenvalue weighted by Gasteiger charge is -2.23. The molecule has 1 atom stereocenters. The highest BCUT2D eigenvalue weighted by atomic mass is 16.6. The summed E-state index contributed by atoms with van der Waals surface area (Å²) < 4.78 is 10.1. The van der Waals surface area contributed by atoms with E-state index in [1.165, 1.54) is 0 Å². The maximum Gasteiger partial charge on any atom is 0.408 e. The van der Waals surface area contributed by atoms with Crippen molar-refractivity contribution in [1.29, 1.82) is 0 Å². The third kappa shape index (κ3) is 6.13. The van der Waals surface area contributed by atoms with Crippen molar-refractivity contribution in [2.24, 2.45) is 0 Å². The normalized spacial score (nSPS) is 12.4. The summed E-state index contributed by atoms with van der Waals surface area (Å²) in [6.07, 6.45) is 0.925. The van der Waals surface area contributed by atoms with Gasteiger partial charge in [0.1, 0.15) is 12.0 Å². The number of Topliss-reactive ketones (excluding diaryl/α,β-unsaturated/α-hetero) is 1. The minimum Gasteiger partial charge on any atom is -0.466 e. The van der Waals surface area contributed by atoms with Crippen molar-refractivity contribution in [2.45, 2.75) is 52.2 Å². The summed E-state index contributed by atoms with van der Waals surface area (Å²) in [5, 5.41) is 3.55. The molecule has 7 nitrogen and oxygen atoms in total. The molecule has 1 unspecified atom stereocenters. The summed E-state index contributed by atoms with van der Waals surface area (Å²) in [4.78, 5) is 39.6. The topological polar surface area (TPSA) is 97.5 Å². The van der Waals surface area contributed by atoms with Crippen molar-refractivity contribution in [3.8, 4) is 0 Å². The predicted molar refractivity (Wildman–Crippen MR) is 101 cm³/mol. The Labute approximate surface area is 158 Å². The molecule has 2 aromatic rings. The maximum atomic E-state index is 12.6. The molecule has 0 bridgehead atoms. The molecule has 1 heterocycles. The zero-order valence-corrected chi connectivity index (χ0v) is 16.1. The number of hydrogen-bond donors (Lipinski definition) is 2. The first kappa shape index (κ1) is 20.5. The van der Waals surface area contributed by atoms with E-state index in [1.54, 1.807) is 33.9 Å². The average Bonchev–Trinajstić information content (AvgIpc) is 2.96. The summed E-state index contributed by atoms with van der Waals surface area (Å²) in [6.45, 7) is 7.08. The molecule has 0 aliphatic heterocycles. The number of ketones is 1. The molecule has 0 aliphatic carbocycles. The number of alkyl carbamates (subject to hydrolysis) is 1. The van der Waals surface area contributed by atoms with Crippen LogP contribution in [0.2, 0.25) is 0 Å². The van der Waals surface area contributed by atoms with Crippen molar-refractivity contribution in [3.05, 3.63) is 36.0 Å². The number of esters is 1. The Morgan fingerprint density at radius 2 is 1.89 bits per heavy atom. The fraction of sp³-hybridized carbons (Fsp3) is 0.450. The van der Waals surface area contributed by atoms with E-state index in [1.807, 2.05) is 24.3 Å². The lowest BCUT2D eigenvalue weighted by atomic mass is 10.00. The molecule has 146 valence electrons. The zero-order chi connectivity index (χ0) is 20.0. The van der Waals surface area contributed by atoms with Gasteiger partial charge in [-0.1, -0.05) is 18.2 Å². The minimum atomic E-state index is -0.900. The Kier molecular flexibility index (Phi) is 6.60. The number of carbonyl (C=O) groups excluding carboxylic acids is 3. The molecule has 1 aromatic heterocycles. The fourth-order valence-electron chi connectivity index (χ4n) is 2.69. The summed E-state index contributed by atoms with van der Waals surface area (Å²) in [5.74, 6) is -1.04. The molecule has 0 saturated carbocycles. The largest absolute Gasteiger partial charge is 0.466 e. The quantitative estimate of drug-likeness (QED) is 0.573. The molecule has 2 N–H and O–H groups in total. The van der Waals surface area contributed by atoms with Gasteiger partial charge < -0.3 is 19.8 Å². The number of nitrogens with one attached hydrogen (secondary N) is 2. The standard InChI is InChI=1S/C20H26N2O5/c1-5-26-18(24)11-17(23)16(22-19(25)27-20(2,3)4)10-13-12-21-15-9-7-6-8-14(13)15/h6-9,12,16,21H,5,10-11H2,1-4H3,(H,22,25). The second kappa shape index (κ2) is 8.70. The number of aromatic amines is 1. The number of fused-ring (bicyclic) bond motifs is 1. The highest BCUT2D eigenvalue weighted by molar-refractivity contribution is 6.00. The molecule has 2 rings (SSSR count). The molecule has 7 heteroatoms. The van der Waals surface area contributed by atoms with Crippen LogP contribution in [0.1, 0.15) is 39.7 Å². The van der Waals surface area contributed by atoms with Crippen LogP contribution in [0.25, 0.3) is 10.9 Å². The highest BCUT2D eigenvalue weighted by Crippen LogP contribution is 2.20. The van der Waals surface area contributed by atoms with E-state index in [4.69, 9.17) is 9.47 Å². The van der Waals surface area contributed by atoms with E-state index in [0.717, 1.165) is 16.5 Å². The Hall–Kier alpha value is -2.83. The number of H-pyrrole nitrogens is 1. The summed E-state index contributed by atoms with van der Waals surface area (Å²) >= 11 is 0. The van der Waals surface area contributed by atoms with Crippen LogP contribution < -0.4 is 5.32 Å². The molecular formula is C20H26N2O5. The molecule has 27 heavy (non-hydrogen) atoms. The van der Waals surface area contributed by atoms with Gasteiger partial charge in [0.25, 0.3) is 0 Å².